The van der Waals surface area contributed by atoms with Crippen LogP contribution in [0.2, 0.25) is 0 Å². The maximum absolute atomic E-state index is 11.8. The average Bonchev–Trinajstić information content (AvgIpc) is 2.52. The Morgan fingerprint density at radius 2 is 2.38 bits per heavy atom. The summed E-state index contributed by atoms with van der Waals surface area (Å²) in [5, 5.41) is 5.98. The second-order valence-corrected chi connectivity index (χ2v) is 5.95. The first kappa shape index (κ1) is 15.8. The maximum Gasteiger partial charge on any atom is 0.254 e. The summed E-state index contributed by atoms with van der Waals surface area (Å²) in [6.45, 7) is 7.67. The van der Waals surface area contributed by atoms with Crippen LogP contribution in [0.25, 0.3) is 0 Å². The van der Waals surface area contributed by atoms with Crippen LogP contribution < -0.4 is 10.6 Å². The molecule has 5 nitrogen and oxygen atoms in total. The number of likely N-dealkylation sites (tertiary alicyclic amines) is 1. The van der Waals surface area contributed by atoms with E-state index in [9.17, 15) is 4.79 Å². The van der Waals surface area contributed by atoms with E-state index in [-0.39, 0.29) is 5.91 Å². The molecule has 1 amide bonds. The van der Waals surface area contributed by atoms with Crippen LogP contribution in [-0.2, 0) is 0 Å². The van der Waals surface area contributed by atoms with Crippen molar-refractivity contribution in [3.05, 3.63) is 23.9 Å². The normalized spacial score (nSPS) is 20.8. The molecule has 0 radical (unpaired) electrons. The Morgan fingerprint density at radius 3 is 3.10 bits per heavy atom. The van der Waals surface area contributed by atoms with Gasteiger partial charge in [0.1, 0.15) is 5.82 Å². The summed E-state index contributed by atoms with van der Waals surface area (Å²) in [6, 6.07) is 4.01. The van der Waals surface area contributed by atoms with Gasteiger partial charge in [0.25, 0.3) is 5.91 Å². The van der Waals surface area contributed by atoms with Crippen LogP contribution in [0.15, 0.2) is 18.3 Å². The lowest BCUT2D eigenvalue weighted by Gasteiger charge is -2.35. The number of nitrogens with one attached hydrogen (secondary N) is 2. The van der Waals surface area contributed by atoms with E-state index in [4.69, 9.17) is 0 Å². The van der Waals surface area contributed by atoms with Gasteiger partial charge in [-0.25, -0.2) is 4.98 Å². The van der Waals surface area contributed by atoms with E-state index in [0.29, 0.717) is 17.4 Å². The number of nitrogens with zero attached hydrogens (tertiary/aromatic N) is 2. The van der Waals surface area contributed by atoms with Crippen LogP contribution >= 0.6 is 0 Å². The van der Waals surface area contributed by atoms with E-state index in [0.717, 1.165) is 25.6 Å². The summed E-state index contributed by atoms with van der Waals surface area (Å²) in [5.41, 5.74) is 0.596. The van der Waals surface area contributed by atoms with E-state index in [1.165, 1.54) is 12.8 Å². The van der Waals surface area contributed by atoms with Gasteiger partial charge in [-0.2, -0.15) is 0 Å². The van der Waals surface area contributed by atoms with Crippen LogP contribution in [0.4, 0.5) is 5.82 Å². The van der Waals surface area contributed by atoms with Crippen LogP contribution in [0.1, 0.15) is 37.0 Å². The number of aromatic nitrogens is 1. The van der Waals surface area contributed by atoms with Crippen molar-refractivity contribution in [2.45, 2.75) is 32.7 Å². The van der Waals surface area contributed by atoms with Gasteiger partial charge in [-0.3, -0.25) is 9.69 Å². The highest BCUT2D eigenvalue weighted by Gasteiger charge is 2.21. The predicted octanol–water partition coefficient (Wildman–Crippen LogP) is 1.97. The quantitative estimate of drug-likeness (QED) is 0.870. The smallest absolute Gasteiger partial charge is 0.254 e. The topological polar surface area (TPSA) is 57.3 Å². The van der Waals surface area contributed by atoms with Gasteiger partial charge >= 0.3 is 0 Å². The van der Waals surface area contributed by atoms with Gasteiger partial charge in [-0.15, -0.1) is 0 Å². The molecule has 21 heavy (non-hydrogen) atoms. The maximum atomic E-state index is 11.8. The molecule has 5 heteroatoms. The first-order valence-corrected chi connectivity index (χ1v) is 7.76. The van der Waals surface area contributed by atoms with Crippen molar-refractivity contribution < 1.29 is 4.79 Å². The fraction of sp³-hybridized carbons (Fsp3) is 0.625. The lowest BCUT2D eigenvalue weighted by Crippen LogP contribution is -2.43. The number of hydrogen-bond acceptors (Lipinski definition) is 4. The Bertz CT molecular complexity index is 477. The summed E-state index contributed by atoms with van der Waals surface area (Å²) in [4.78, 5) is 18.6. The first-order chi connectivity index (χ1) is 10.1. The molecular formula is C16H26N4O. The van der Waals surface area contributed by atoms with Crippen molar-refractivity contribution in [1.82, 2.24) is 15.2 Å². The zero-order valence-electron chi connectivity index (χ0n) is 13.2. The van der Waals surface area contributed by atoms with Gasteiger partial charge in [0.05, 0.1) is 5.56 Å². The third-order valence-corrected chi connectivity index (χ3v) is 4.16. The molecule has 0 bridgehead atoms. The number of amides is 1. The number of rotatable bonds is 5. The molecule has 1 aliphatic rings. The van der Waals surface area contributed by atoms with Crippen LogP contribution in [0.3, 0.4) is 0 Å². The van der Waals surface area contributed by atoms with Crippen molar-refractivity contribution in [2.24, 2.45) is 5.92 Å². The number of carbonyl (C=O) groups is 1. The Kier molecular flexibility index (Phi) is 5.56. The van der Waals surface area contributed by atoms with Crippen molar-refractivity contribution in [3.63, 3.8) is 0 Å². The minimum absolute atomic E-state index is 0.107. The second-order valence-electron chi connectivity index (χ2n) is 5.95. The molecule has 1 fully saturated rings. The Labute approximate surface area is 127 Å². The first-order valence-electron chi connectivity index (χ1n) is 7.76. The van der Waals surface area contributed by atoms with Crippen LogP contribution in [0, 0.1) is 5.92 Å². The summed E-state index contributed by atoms with van der Waals surface area (Å²) >= 11 is 0. The standard InChI is InChI=1S/C16H26N4O/c1-12-6-5-9-20(11-12)13(2)10-19-15-14(16(21)17-3)7-4-8-18-15/h4,7-8,12-13H,5-6,9-11H2,1-3H3,(H,17,21)(H,18,19). The average molecular weight is 290 g/mol. The molecule has 1 aromatic heterocycles. The molecule has 116 valence electrons. The third kappa shape index (κ3) is 4.17. The van der Waals surface area contributed by atoms with Crippen LogP contribution in [-0.4, -0.2) is 48.5 Å². The molecule has 1 saturated heterocycles. The molecule has 0 aliphatic carbocycles. The van der Waals surface area contributed by atoms with Crippen LogP contribution in [0.5, 0.6) is 0 Å². The van der Waals surface area contributed by atoms with Crippen molar-refractivity contribution >= 4 is 11.7 Å². The molecular weight excluding hydrogens is 264 g/mol. The molecule has 0 aromatic carbocycles. The monoisotopic (exact) mass is 290 g/mol. The third-order valence-electron chi connectivity index (χ3n) is 4.16. The Balaban J connectivity index is 1.95. The van der Waals surface area contributed by atoms with Gasteiger partial charge < -0.3 is 10.6 Å². The summed E-state index contributed by atoms with van der Waals surface area (Å²) < 4.78 is 0. The molecule has 1 aromatic rings. The van der Waals surface area contributed by atoms with Gasteiger partial charge in [0.2, 0.25) is 0 Å². The highest BCUT2D eigenvalue weighted by molar-refractivity contribution is 5.98. The van der Waals surface area contributed by atoms with E-state index in [1.807, 2.05) is 0 Å². The van der Waals surface area contributed by atoms with Gasteiger partial charge in [0.15, 0.2) is 0 Å². The predicted molar refractivity (Wildman–Crippen MR) is 85.5 cm³/mol. The molecule has 2 heterocycles. The Morgan fingerprint density at radius 1 is 1.57 bits per heavy atom. The molecule has 0 saturated carbocycles. The van der Waals surface area contributed by atoms with E-state index in [2.05, 4.69) is 34.4 Å². The molecule has 2 atom stereocenters. The fourth-order valence-electron chi connectivity index (χ4n) is 2.86. The van der Waals surface area contributed by atoms with Gasteiger partial charge in [-0.1, -0.05) is 6.92 Å². The number of anilines is 1. The number of carbonyl (C=O) groups excluding carboxylic acids is 1. The van der Waals surface area contributed by atoms with Crippen molar-refractivity contribution in [2.75, 3.05) is 32.0 Å². The molecule has 2 unspecified atom stereocenters. The fourth-order valence-corrected chi connectivity index (χ4v) is 2.86. The molecule has 0 spiro atoms. The zero-order chi connectivity index (χ0) is 15.2. The molecule has 1 aliphatic heterocycles. The van der Waals surface area contributed by atoms with Gasteiger partial charge in [-0.05, 0) is 44.4 Å². The lowest BCUT2D eigenvalue weighted by molar-refractivity contribution is 0.0963. The highest BCUT2D eigenvalue weighted by Crippen LogP contribution is 2.18. The van der Waals surface area contributed by atoms with E-state index in [1.54, 1.807) is 25.4 Å². The molecule has 2 N–H and O–H groups in total. The van der Waals surface area contributed by atoms with Gasteiger partial charge in [0, 0.05) is 32.4 Å². The van der Waals surface area contributed by atoms with E-state index < -0.39 is 0 Å². The minimum Gasteiger partial charge on any atom is -0.368 e. The zero-order valence-corrected chi connectivity index (χ0v) is 13.2. The van der Waals surface area contributed by atoms with Crippen molar-refractivity contribution in [3.8, 4) is 0 Å². The molecule has 2 rings (SSSR count). The number of pyridine rings is 1. The SMILES string of the molecule is CNC(=O)c1cccnc1NCC(C)N1CCCC(C)C1. The second kappa shape index (κ2) is 7.41. The lowest BCUT2D eigenvalue weighted by atomic mass is 9.99. The number of hydrogen-bond donors (Lipinski definition) is 2. The largest absolute Gasteiger partial charge is 0.368 e. The van der Waals surface area contributed by atoms with Crippen molar-refractivity contribution in [1.29, 1.82) is 0 Å². The minimum atomic E-state index is -0.107. The number of piperidine rings is 1. The highest BCUT2D eigenvalue weighted by atomic mass is 16.1. The summed E-state index contributed by atoms with van der Waals surface area (Å²) in [5.74, 6) is 1.33. The Hall–Kier alpha value is -1.62. The summed E-state index contributed by atoms with van der Waals surface area (Å²) in [7, 11) is 1.64. The van der Waals surface area contributed by atoms with E-state index >= 15 is 0 Å². The summed E-state index contributed by atoms with van der Waals surface area (Å²) in [6.07, 6.45) is 4.32.